The molecule has 1 aliphatic rings. The van der Waals surface area contributed by atoms with Crippen LogP contribution in [-0.4, -0.2) is 67.7 Å². The van der Waals surface area contributed by atoms with Crippen molar-refractivity contribution in [2.75, 3.05) is 45.2 Å². The zero-order chi connectivity index (χ0) is 17.9. The number of nitrogens with zero attached hydrogens (tertiary/aromatic N) is 3. The molecule has 132 valence electrons. The van der Waals surface area contributed by atoms with Crippen LogP contribution in [0.5, 0.6) is 0 Å². The average molecular weight is 333 g/mol. The summed E-state index contributed by atoms with van der Waals surface area (Å²) >= 11 is 0. The average Bonchev–Trinajstić information content (AvgIpc) is 2.52. The van der Waals surface area contributed by atoms with E-state index in [9.17, 15) is 9.59 Å². The van der Waals surface area contributed by atoms with Crippen molar-refractivity contribution in [1.29, 1.82) is 0 Å². The molecule has 1 aromatic carbocycles. The topological polar surface area (TPSA) is 53.1 Å². The van der Waals surface area contributed by atoms with E-state index in [-0.39, 0.29) is 12.0 Å². The first-order chi connectivity index (χ1) is 11.2. The molecular formula is C18H27N3O3. The zero-order valence-electron chi connectivity index (χ0n) is 15.2. The van der Waals surface area contributed by atoms with Gasteiger partial charge in [-0.1, -0.05) is 12.1 Å². The van der Waals surface area contributed by atoms with Crippen molar-refractivity contribution in [3.05, 3.63) is 29.8 Å². The van der Waals surface area contributed by atoms with E-state index < -0.39 is 5.60 Å². The van der Waals surface area contributed by atoms with E-state index in [4.69, 9.17) is 4.74 Å². The molecule has 0 saturated carbocycles. The molecule has 0 unspecified atom stereocenters. The number of amides is 2. The fourth-order valence-electron chi connectivity index (χ4n) is 2.63. The lowest BCUT2D eigenvalue weighted by atomic mass is 10.1. The first-order valence-electron chi connectivity index (χ1n) is 8.22. The molecule has 1 fully saturated rings. The van der Waals surface area contributed by atoms with Gasteiger partial charge in [0.1, 0.15) is 5.60 Å². The van der Waals surface area contributed by atoms with Crippen molar-refractivity contribution < 1.29 is 14.3 Å². The number of carbonyl (C=O) groups excluding carboxylic acids is 2. The second-order valence-corrected chi connectivity index (χ2v) is 7.17. The van der Waals surface area contributed by atoms with Crippen LogP contribution in [0.3, 0.4) is 0 Å². The third-order valence-corrected chi connectivity index (χ3v) is 3.81. The van der Waals surface area contributed by atoms with E-state index in [0.29, 0.717) is 31.7 Å². The summed E-state index contributed by atoms with van der Waals surface area (Å²) in [5.74, 6) is -0.0137. The van der Waals surface area contributed by atoms with Gasteiger partial charge < -0.3 is 19.4 Å². The maximum absolute atomic E-state index is 12.4. The number of rotatable bonds is 2. The van der Waals surface area contributed by atoms with Crippen molar-refractivity contribution in [1.82, 2.24) is 9.80 Å². The Morgan fingerprint density at radius 3 is 2.17 bits per heavy atom. The number of benzene rings is 1. The number of hydrogen-bond acceptors (Lipinski definition) is 4. The Bertz CT molecular complexity index is 600. The summed E-state index contributed by atoms with van der Waals surface area (Å²) in [6, 6.07) is 7.61. The minimum atomic E-state index is -0.487. The summed E-state index contributed by atoms with van der Waals surface area (Å²) < 4.78 is 5.42. The van der Waals surface area contributed by atoms with Crippen molar-refractivity contribution in [3.8, 4) is 0 Å². The molecule has 1 aliphatic heterocycles. The Hall–Kier alpha value is -2.24. The third-order valence-electron chi connectivity index (χ3n) is 3.81. The van der Waals surface area contributed by atoms with Crippen LogP contribution in [0, 0.1) is 0 Å². The lowest BCUT2D eigenvalue weighted by Gasteiger charge is -2.37. The number of anilines is 1. The van der Waals surface area contributed by atoms with Crippen molar-refractivity contribution in [2.24, 2.45) is 0 Å². The molecule has 0 radical (unpaired) electrons. The predicted molar refractivity (Wildman–Crippen MR) is 94.5 cm³/mol. The lowest BCUT2D eigenvalue weighted by molar-refractivity contribution is 0.0240. The molecule has 1 aromatic rings. The van der Waals surface area contributed by atoms with E-state index in [1.807, 2.05) is 45.0 Å². The Labute approximate surface area is 144 Å². The summed E-state index contributed by atoms with van der Waals surface area (Å²) in [6.07, 6.45) is -0.278. The van der Waals surface area contributed by atoms with E-state index in [2.05, 4.69) is 4.90 Å². The molecule has 0 bridgehead atoms. The lowest BCUT2D eigenvalue weighted by Crippen LogP contribution is -2.50. The van der Waals surface area contributed by atoms with Gasteiger partial charge in [0, 0.05) is 46.0 Å². The normalized spacial score (nSPS) is 15.2. The highest BCUT2D eigenvalue weighted by atomic mass is 16.6. The van der Waals surface area contributed by atoms with Crippen LogP contribution in [0.25, 0.3) is 0 Å². The number of para-hydroxylation sites is 1. The number of piperazine rings is 1. The SMILES string of the molecule is CN(C)C(=O)c1ccccc1N1CCN(C(=O)OC(C)(C)C)CC1. The molecule has 1 saturated heterocycles. The molecule has 0 spiro atoms. The quantitative estimate of drug-likeness (QED) is 0.834. The summed E-state index contributed by atoms with van der Waals surface area (Å²) in [5.41, 5.74) is 1.12. The minimum Gasteiger partial charge on any atom is -0.444 e. The van der Waals surface area contributed by atoms with E-state index in [1.165, 1.54) is 0 Å². The van der Waals surface area contributed by atoms with Gasteiger partial charge in [0.05, 0.1) is 5.56 Å². The Balaban J connectivity index is 2.05. The molecule has 2 rings (SSSR count). The summed E-state index contributed by atoms with van der Waals surface area (Å²) in [7, 11) is 3.50. The van der Waals surface area contributed by atoms with Gasteiger partial charge in [0.2, 0.25) is 0 Å². The van der Waals surface area contributed by atoms with Gasteiger partial charge in [0.15, 0.2) is 0 Å². The molecule has 0 atom stereocenters. The molecular weight excluding hydrogens is 306 g/mol. The van der Waals surface area contributed by atoms with Crippen molar-refractivity contribution in [2.45, 2.75) is 26.4 Å². The largest absolute Gasteiger partial charge is 0.444 e. The molecule has 0 N–H and O–H groups in total. The zero-order valence-corrected chi connectivity index (χ0v) is 15.2. The summed E-state index contributed by atoms with van der Waals surface area (Å²) in [4.78, 5) is 29.9. The van der Waals surface area contributed by atoms with Crippen molar-refractivity contribution in [3.63, 3.8) is 0 Å². The highest BCUT2D eigenvalue weighted by Crippen LogP contribution is 2.23. The molecule has 6 heteroatoms. The van der Waals surface area contributed by atoms with Gasteiger partial charge in [-0.3, -0.25) is 4.79 Å². The van der Waals surface area contributed by atoms with Crippen LogP contribution in [0.2, 0.25) is 0 Å². The number of hydrogen-bond donors (Lipinski definition) is 0. The van der Waals surface area contributed by atoms with Gasteiger partial charge in [-0.05, 0) is 32.9 Å². The molecule has 1 heterocycles. The third kappa shape index (κ3) is 4.40. The molecule has 6 nitrogen and oxygen atoms in total. The van der Waals surface area contributed by atoms with Crippen LogP contribution in [0.15, 0.2) is 24.3 Å². The Morgan fingerprint density at radius 2 is 1.62 bits per heavy atom. The first-order valence-corrected chi connectivity index (χ1v) is 8.22. The van der Waals surface area contributed by atoms with E-state index >= 15 is 0 Å². The highest BCUT2D eigenvalue weighted by Gasteiger charge is 2.27. The molecule has 2 amide bonds. The van der Waals surface area contributed by atoms with E-state index in [0.717, 1.165) is 5.69 Å². The maximum Gasteiger partial charge on any atom is 0.410 e. The fourth-order valence-corrected chi connectivity index (χ4v) is 2.63. The monoisotopic (exact) mass is 333 g/mol. The number of ether oxygens (including phenoxy) is 1. The summed E-state index contributed by atoms with van der Waals surface area (Å²) in [6.45, 7) is 8.12. The first kappa shape index (κ1) is 18.1. The molecule has 0 aliphatic carbocycles. The van der Waals surface area contributed by atoms with Gasteiger partial charge in [-0.2, -0.15) is 0 Å². The van der Waals surface area contributed by atoms with Gasteiger partial charge in [0.25, 0.3) is 5.91 Å². The standard InChI is InChI=1S/C18H27N3O3/c1-18(2,3)24-17(23)21-12-10-20(11-13-21)15-9-7-6-8-14(15)16(22)19(4)5/h6-9H,10-13H2,1-5H3. The molecule has 0 aromatic heterocycles. The van der Waals surface area contributed by atoms with E-state index in [1.54, 1.807) is 23.9 Å². The van der Waals surface area contributed by atoms with Gasteiger partial charge in [-0.25, -0.2) is 4.79 Å². The van der Waals surface area contributed by atoms with Crippen LogP contribution >= 0.6 is 0 Å². The van der Waals surface area contributed by atoms with Gasteiger partial charge >= 0.3 is 6.09 Å². The maximum atomic E-state index is 12.4. The molecule has 24 heavy (non-hydrogen) atoms. The summed E-state index contributed by atoms with van der Waals surface area (Å²) in [5, 5.41) is 0. The van der Waals surface area contributed by atoms with Crippen LogP contribution in [-0.2, 0) is 4.74 Å². The Kier molecular flexibility index (Phi) is 5.36. The van der Waals surface area contributed by atoms with Crippen LogP contribution < -0.4 is 4.90 Å². The van der Waals surface area contributed by atoms with Crippen LogP contribution in [0.1, 0.15) is 31.1 Å². The minimum absolute atomic E-state index is 0.0137. The highest BCUT2D eigenvalue weighted by molar-refractivity contribution is 5.99. The smallest absolute Gasteiger partial charge is 0.410 e. The predicted octanol–water partition coefficient (Wildman–Crippen LogP) is 2.45. The second kappa shape index (κ2) is 7.11. The second-order valence-electron chi connectivity index (χ2n) is 7.17. The van der Waals surface area contributed by atoms with Crippen molar-refractivity contribution >= 4 is 17.7 Å². The van der Waals surface area contributed by atoms with Gasteiger partial charge in [-0.15, -0.1) is 0 Å². The van der Waals surface area contributed by atoms with Crippen LogP contribution in [0.4, 0.5) is 10.5 Å². The fraction of sp³-hybridized carbons (Fsp3) is 0.556. The Morgan fingerprint density at radius 1 is 1.04 bits per heavy atom. The number of carbonyl (C=O) groups is 2.